The van der Waals surface area contributed by atoms with Crippen molar-refractivity contribution in [3.8, 4) is 0 Å². The Hall–Kier alpha value is -1.10. The zero-order chi connectivity index (χ0) is 44.9. The molecule has 0 aromatic rings. The van der Waals surface area contributed by atoms with E-state index in [1.165, 1.54) is 263 Å². The molecule has 5 heteroatoms. The van der Waals surface area contributed by atoms with E-state index in [-0.39, 0.29) is 18.5 Å². The molecule has 370 valence electrons. The van der Waals surface area contributed by atoms with Gasteiger partial charge in [-0.15, -0.1) is 0 Å². The molecule has 0 aromatic carbocycles. The van der Waals surface area contributed by atoms with Crippen LogP contribution in [0.1, 0.15) is 329 Å². The number of esters is 2. The van der Waals surface area contributed by atoms with Crippen LogP contribution in [-0.2, 0) is 23.8 Å². The molecule has 0 aliphatic rings. The molecule has 0 amide bonds. The van der Waals surface area contributed by atoms with Gasteiger partial charge in [-0.1, -0.05) is 297 Å². The lowest BCUT2D eigenvalue weighted by atomic mass is 10.0. The van der Waals surface area contributed by atoms with E-state index in [4.69, 9.17) is 14.2 Å². The summed E-state index contributed by atoms with van der Waals surface area (Å²) in [5, 5.41) is 0. The van der Waals surface area contributed by atoms with Crippen LogP contribution in [0.4, 0.5) is 0 Å². The molecule has 0 N–H and O–H groups in total. The predicted molar refractivity (Wildman–Crippen MR) is 270 cm³/mol. The number of carbonyl (C=O) groups excluding carboxylic acids is 2. The van der Waals surface area contributed by atoms with Gasteiger partial charge < -0.3 is 14.2 Å². The average molecular weight is 878 g/mol. The van der Waals surface area contributed by atoms with E-state index in [0.29, 0.717) is 26.1 Å². The van der Waals surface area contributed by atoms with E-state index < -0.39 is 6.10 Å². The Morgan fingerprint density at radius 3 is 0.823 bits per heavy atom. The molecule has 0 saturated carbocycles. The monoisotopic (exact) mass is 877 g/mol. The number of ether oxygens (including phenoxy) is 3. The van der Waals surface area contributed by atoms with Gasteiger partial charge in [0.25, 0.3) is 0 Å². The predicted octanol–water partition coefficient (Wildman–Crippen LogP) is 19.2. The van der Waals surface area contributed by atoms with Crippen molar-refractivity contribution in [2.45, 2.75) is 335 Å². The fourth-order valence-electron chi connectivity index (χ4n) is 8.87. The maximum absolute atomic E-state index is 12.8. The highest BCUT2D eigenvalue weighted by Crippen LogP contribution is 2.18. The van der Waals surface area contributed by atoms with Crippen LogP contribution >= 0.6 is 0 Å². The Balaban J connectivity index is 4.03. The minimum absolute atomic E-state index is 0.0975. The first-order valence-corrected chi connectivity index (χ1v) is 28.6. The largest absolute Gasteiger partial charge is 0.462 e. The van der Waals surface area contributed by atoms with Crippen molar-refractivity contribution in [2.24, 2.45) is 0 Å². The van der Waals surface area contributed by atoms with Crippen molar-refractivity contribution in [3.05, 3.63) is 0 Å². The van der Waals surface area contributed by atoms with Crippen LogP contribution in [0.3, 0.4) is 0 Å². The van der Waals surface area contributed by atoms with Crippen molar-refractivity contribution >= 4 is 11.9 Å². The molecule has 0 saturated heterocycles. The zero-order valence-corrected chi connectivity index (χ0v) is 42.7. The molecule has 0 heterocycles. The SMILES string of the molecule is CCCCCCCCCCCCCCCCCCCCCC(=O)OCC(COCCCCCCCCCC)OC(=O)CCCCCCCCCCCCCCCCCCCCC. The van der Waals surface area contributed by atoms with E-state index in [0.717, 1.165) is 32.1 Å². The average Bonchev–Trinajstić information content (AvgIpc) is 3.27. The quantitative estimate of drug-likeness (QED) is 0.0450. The first-order chi connectivity index (χ1) is 30.6. The number of unbranched alkanes of at least 4 members (excludes halogenated alkanes) is 43. The van der Waals surface area contributed by atoms with Gasteiger partial charge in [0, 0.05) is 19.4 Å². The summed E-state index contributed by atoms with van der Waals surface area (Å²) in [5.41, 5.74) is 0. The Bertz CT molecular complexity index is 860. The minimum atomic E-state index is -0.522. The molecule has 62 heavy (non-hydrogen) atoms. The summed E-state index contributed by atoms with van der Waals surface area (Å²) in [6.07, 6.45) is 61.3. The molecular formula is C57H112O5. The van der Waals surface area contributed by atoms with Gasteiger partial charge in [-0.3, -0.25) is 9.59 Å². The third-order valence-electron chi connectivity index (χ3n) is 13.1. The number of hydrogen-bond acceptors (Lipinski definition) is 5. The zero-order valence-electron chi connectivity index (χ0n) is 42.7. The summed E-state index contributed by atoms with van der Waals surface area (Å²) < 4.78 is 17.4. The van der Waals surface area contributed by atoms with Gasteiger partial charge in [0.05, 0.1) is 6.61 Å². The van der Waals surface area contributed by atoms with Gasteiger partial charge in [-0.2, -0.15) is 0 Å². The molecular weight excluding hydrogens is 765 g/mol. The third kappa shape index (κ3) is 51.5. The van der Waals surface area contributed by atoms with Crippen LogP contribution < -0.4 is 0 Å². The van der Waals surface area contributed by atoms with Crippen LogP contribution in [0.5, 0.6) is 0 Å². The Morgan fingerprint density at radius 1 is 0.290 bits per heavy atom. The van der Waals surface area contributed by atoms with Crippen LogP contribution in [0, 0.1) is 0 Å². The van der Waals surface area contributed by atoms with Gasteiger partial charge in [0.1, 0.15) is 6.61 Å². The van der Waals surface area contributed by atoms with E-state index >= 15 is 0 Å². The van der Waals surface area contributed by atoms with Crippen LogP contribution in [0.25, 0.3) is 0 Å². The molecule has 0 aromatic heterocycles. The number of carbonyl (C=O) groups is 2. The molecule has 0 rings (SSSR count). The summed E-state index contributed by atoms with van der Waals surface area (Å²) in [6.45, 7) is 7.90. The highest BCUT2D eigenvalue weighted by Gasteiger charge is 2.17. The fourth-order valence-corrected chi connectivity index (χ4v) is 8.87. The van der Waals surface area contributed by atoms with Crippen molar-refractivity contribution in [1.29, 1.82) is 0 Å². The van der Waals surface area contributed by atoms with E-state index in [1.54, 1.807) is 0 Å². The Labute approximate surface area is 389 Å². The molecule has 5 nitrogen and oxygen atoms in total. The van der Waals surface area contributed by atoms with Crippen LogP contribution in [0.15, 0.2) is 0 Å². The molecule has 1 atom stereocenters. The smallest absolute Gasteiger partial charge is 0.306 e. The first-order valence-electron chi connectivity index (χ1n) is 28.6. The topological polar surface area (TPSA) is 61.8 Å². The maximum atomic E-state index is 12.8. The Morgan fingerprint density at radius 2 is 0.532 bits per heavy atom. The molecule has 0 spiro atoms. The second-order valence-corrected chi connectivity index (χ2v) is 19.6. The van der Waals surface area contributed by atoms with Gasteiger partial charge in [0.15, 0.2) is 6.10 Å². The first kappa shape index (κ1) is 60.9. The normalized spacial score (nSPS) is 12.0. The summed E-state index contributed by atoms with van der Waals surface area (Å²) in [5.74, 6) is -0.368. The van der Waals surface area contributed by atoms with Gasteiger partial charge >= 0.3 is 11.9 Å². The van der Waals surface area contributed by atoms with E-state index in [9.17, 15) is 9.59 Å². The minimum Gasteiger partial charge on any atom is -0.462 e. The Kier molecular flexibility index (Phi) is 53.3. The van der Waals surface area contributed by atoms with Gasteiger partial charge in [-0.25, -0.2) is 0 Å². The molecule has 0 aliphatic heterocycles. The van der Waals surface area contributed by atoms with Crippen LogP contribution in [0.2, 0.25) is 0 Å². The van der Waals surface area contributed by atoms with Gasteiger partial charge in [-0.05, 0) is 19.3 Å². The second-order valence-electron chi connectivity index (χ2n) is 19.6. The van der Waals surface area contributed by atoms with E-state index in [2.05, 4.69) is 20.8 Å². The van der Waals surface area contributed by atoms with Crippen LogP contribution in [-0.4, -0.2) is 37.9 Å². The lowest BCUT2D eigenvalue weighted by Gasteiger charge is -2.18. The summed E-state index contributed by atoms with van der Waals surface area (Å²) in [4.78, 5) is 25.4. The highest BCUT2D eigenvalue weighted by atomic mass is 16.6. The van der Waals surface area contributed by atoms with Crippen molar-refractivity contribution in [2.75, 3.05) is 19.8 Å². The van der Waals surface area contributed by atoms with E-state index in [1.807, 2.05) is 0 Å². The maximum Gasteiger partial charge on any atom is 0.306 e. The van der Waals surface area contributed by atoms with Crippen molar-refractivity contribution in [1.82, 2.24) is 0 Å². The molecule has 1 unspecified atom stereocenters. The molecule has 0 aliphatic carbocycles. The van der Waals surface area contributed by atoms with Crippen molar-refractivity contribution < 1.29 is 23.8 Å². The standard InChI is InChI=1S/C57H112O5/c1-4-7-10-13-16-19-21-23-25-27-29-31-33-35-37-39-41-44-47-50-56(58)61-54-55(53-60-52-49-46-43-18-15-12-9-6-3)62-57(59)51-48-45-42-40-38-36-34-32-30-28-26-24-22-20-17-14-11-8-5-2/h55H,4-54H2,1-3H3. The molecule has 0 fully saturated rings. The van der Waals surface area contributed by atoms with Gasteiger partial charge in [0.2, 0.25) is 0 Å². The lowest BCUT2D eigenvalue weighted by molar-refractivity contribution is -0.163. The highest BCUT2D eigenvalue weighted by molar-refractivity contribution is 5.70. The van der Waals surface area contributed by atoms with Crippen molar-refractivity contribution in [3.63, 3.8) is 0 Å². The fraction of sp³-hybridized carbons (Fsp3) is 0.965. The molecule has 0 radical (unpaired) electrons. The lowest BCUT2D eigenvalue weighted by Crippen LogP contribution is -2.30. The summed E-state index contributed by atoms with van der Waals surface area (Å²) in [6, 6.07) is 0. The number of rotatable bonds is 54. The summed E-state index contributed by atoms with van der Waals surface area (Å²) in [7, 11) is 0. The third-order valence-corrected chi connectivity index (χ3v) is 13.1. The second kappa shape index (κ2) is 54.2. The number of hydrogen-bond donors (Lipinski definition) is 0. The molecule has 0 bridgehead atoms. The summed E-state index contributed by atoms with van der Waals surface area (Å²) >= 11 is 0.